The van der Waals surface area contributed by atoms with E-state index in [-0.39, 0.29) is 6.10 Å². The Bertz CT molecular complexity index is 410. The summed E-state index contributed by atoms with van der Waals surface area (Å²) in [5.41, 5.74) is 7.79. The van der Waals surface area contributed by atoms with Crippen LogP contribution in [0.3, 0.4) is 0 Å². The number of aromatic nitrogens is 2. The second kappa shape index (κ2) is 5.20. The fourth-order valence-electron chi connectivity index (χ4n) is 2.11. The molecule has 2 heterocycles. The number of aryl methyl sites for hydroxylation is 1. The molecule has 0 aromatic carbocycles. The third-order valence-electron chi connectivity index (χ3n) is 3.56. The van der Waals surface area contributed by atoms with Crippen LogP contribution in [0.4, 0.5) is 5.82 Å². The van der Waals surface area contributed by atoms with E-state index in [0.717, 1.165) is 31.0 Å². The quantitative estimate of drug-likeness (QED) is 0.861. The van der Waals surface area contributed by atoms with Gasteiger partial charge in [-0.15, -0.1) is 0 Å². The number of ether oxygens (including phenoxy) is 1. The molecule has 1 aromatic heterocycles. The van der Waals surface area contributed by atoms with Gasteiger partial charge in [0.2, 0.25) is 0 Å². The van der Waals surface area contributed by atoms with Gasteiger partial charge in [-0.25, -0.2) is 9.97 Å². The Morgan fingerprint density at radius 1 is 1.33 bits per heavy atom. The lowest BCUT2D eigenvalue weighted by atomic mass is 10.2. The summed E-state index contributed by atoms with van der Waals surface area (Å²) in [7, 11) is 0. The molecule has 18 heavy (non-hydrogen) atoms. The number of nitrogens with two attached hydrogens (primary N) is 1. The predicted octanol–water partition coefficient (Wildman–Crippen LogP) is 1.46. The van der Waals surface area contributed by atoms with Gasteiger partial charge >= 0.3 is 0 Å². The van der Waals surface area contributed by atoms with Crippen molar-refractivity contribution < 1.29 is 4.74 Å². The van der Waals surface area contributed by atoms with Crippen molar-refractivity contribution in [1.29, 1.82) is 0 Å². The minimum absolute atomic E-state index is 0.0669. The molecular weight excluding hydrogens is 228 g/mol. The highest BCUT2D eigenvalue weighted by molar-refractivity contribution is 5.40. The summed E-state index contributed by atoms with van der Waals surface area (Å²) in [6.45, 7) is 10.8. The molecule has 1 aliphatic rings. The molecule has 100 valence electrons. The SMILES string of the molecule is Cc1nc(C2CN(C(C)C)CCO2)nc(N)c1C. The van der Waals surface area contributed by atoms with Crippen LogP contribution in [0.5, 0.6) is 0 Å². The molecule has 0 saturated carbocycles. The number of hydrogen-bond donors (Lipinski definition) is 1. The van der Waals surface area contributed by atoms with Gasteiger partial charge in [-0.05, 0) is 27.7 Å². The Labute approximate surface area is 108 Å². The third kappa shape index (κ3) is 2.62. The predicted molar refractivity (Wildman–Crippen MR) is 71.3 cm³/mol. The first kappa shape index (κ1) is 13.2. The molecule has 0 amide bonds. The van der Waals surface area contributed by atoms with Gasteiger partial charge in [0.15, 0.2) is 5.82 Å². The van der Waals surface area contributed by atoms with Crippen molar-refractivity contribution in [3.8, 4) is 0 Å². The maximum Gasteiger partial charge on any atom is 0.161 e. The molecular formula is C13H22N4O. The van der Waals surface area contributed by atoms with Gasteiger partial charge in [0.05, 0.1) is 6.61 Å². The van der Waals surface area contributed by atoms with Gasteiger partial charge in [-0.2, -0.15) is 0 Å². The summed E-state index contributed by atoms with van der Waals surface area (Å²) >= 11 is 0. The molecule has 0 spiro atoms. The highest BCUT2D eigenvalue weighted by Gasteiger charge is 2.26. The van der Waals surface area contributed by atoms with E-state index in [0.29, 0.717) is 17.7 Å². The molecule has 2 N–H and O–H groups in total. The molecule has 0 bridgehead atoms. The van der Waals surface area contributed by atoms with Gasteiger partial charge < -0.3 is 10.5 Å². The van der Waals surface area contributed by atoms with Crippen LogP contribution >= 0.6 is 0 Å². The number of morpholine rings is 1. The summed E-state index contributed by atoms with van der Waals surface area (Å²) in [4.78, 5) is 11.3. The molecule has 1 unspecified atom stereocenters. The monoisotopic (exact) mass is 250 g/mol. The van der Waals surface area contributed by atoms with E-state index in [1.807, 2.05) is 13.8 Å². The van der Waals surface area contributed by atoms with Gasteiger partial charge in [0.25, 0.3) is 0 Å². The summed E-state index contributed by atoms with van der Waals surface area (Å²) in [5.74, 6) is 1.27. The van der Waals surface area contributed by atoms with Crippen molar-refractivity contribution in [3.63, 3.8) is 0 Å². The molecule has 1 aliphatic heterocycles. The molecule has 5 nitrogen and oxygen atoms in total. The molecule has 0 radical (unpaired) electrons. The maximum atomic E-state index is 5.90. The van der Waals surface area contributed by atoms with Crippen molar-refractivity contribution in [2.45, 2.75) is 39.8 Å². The van der Waals surface area contributed by atoms with Crippen LogP contribution in [0, 0.1) is 13.8 Å². The normalized spacial score (nSPS) is 21.5. The molecule has 5 heteroatoms. The van der Waals surface area contributed by atoms with Gasteiger partial charge in [0.1, 0.15) is 11.9 Å². The zero-order valence-electron chi connectivity index (χ0n) is 11.6. The van der Waals surface area contributed by atoms with Crippen LogP contribution in [0.25, 0.3) is 0 Å². The van der Waals surface area contributed by atoms with Crippen LogP contribution in [-0.2, 0) is 4.74 Å². The smallest absolute Gasteiger partial charge is 0.161 e. The fourth-order valence-corrected chi connectivity index (χ4v) is 2.11. The summed E-state index contributed by atoms with van der Waals surface area (Å²) in [6.07, 6.45) is -0.0669. The Morgan fingerprint density at radius 3 is 2.67 bits per heavy atom. The summed E-state index contributed by atoms with van der Waals surface area (Å²) in [5, 5.41) is 0. The number of nitrogens with zero attached hydrogens (tertiary/aromatic N) is 3. The molecule has 1 fully saturated rings. The van der Waals surface area contributed by atoms with Crippen molar-refractivity contribution in [2.24, 2.45) is 0 Å². The maximum absolute atomic E-state index is 5.90. The first-order valence-corrected chi connectivity index (χ1v) is 6.45. The van der Waals surface area contributed by atoms with Crippen LogP contribution in [-0.4, -0.2) is 40.6 Å². The number of anilines is 1. The Morgan fingerprint density at radius 2 is 2.06 bits per heavy atom. The lowest BCUT2D eigenvalue weighted by Crippen LogP contribution is -2.42. The number of nitrogen functional groups attached to an aromatic ring is 1. The standard InChI is InChI=1S/C13H22N4O/c1-8(2)17-5-6-18-11(7-17)13-15-10(4)9(3)12(14)16-13/h8,11H,5-7H2,1-4H3,(H2,14,15,16). The van der Waals surface area contributed by atoms with E-state index in [4.69, 9.17) is 10.5 Å². The minimum atomic E-state index is -0.0669. The van der Waals surface area contributed by atoms with Crippen LogP contribution in [0.15, 0.2) is 0 Å². The fraction of sp³-hybridized carbons (Fsp3) is 0.692. The van der Waals surface area contributed by atoms with Crippen LogP contribution in [0.1, 0.15) is 37.0 Å². The van der Waals surface area contributed by atoms with E-state index in [2.05, 4.69) is 28.7 Å². The molecule has 1 saturated heterocycles. The third-order valence-corrected chi connectivity index (χ3v) is 3.56. The topological polar surface area (TPSA) is 64.3 Å². The highest BCUT2D eigenvalue weighted by Crippen LogP contribution is 2.23. The summed E-state index contributed by atoms with van der Waals surface area (Å²) < 4.78 is 5.77. The lowest BCUT2D eigenvalue weighted by molar-refractivity contribution is -0.0442. The zero-order chi connectivity index (χ0) is 13.3. The summed E-state index contributed by atoms with van der Waals surface area (Å²) in [6, 6.07) is 0.514. The van der Waals surface area contributed by atoms with Crippen molar-refractivity contribution in [1.82, 2.24) is 14.9 Å². The molecule has 0 aliphatic carbocycles. The second-order valence-corrected chi connectivity index (χ2v) is 5.13. The average Bonchev–Trinajstić information content (AvgIpc) is 2.35. The van der Waals surface area contributed by atoms with E-state index in [1.165, 1.54) is 0 Å². The second-order valence-electron chi connectivity index (χ2n) is 5.13. The molecule has 2 rings (SSSR count). The lowest BCUT2D eigenvalue weighted by Gasteiger charge is -2.34. The van der Waals surface area contributed by atoms with Crippen molar-refractivity contribution in [2.75, 3.05) is 25.4 Å². The first-order chi connectivity index (χ1) is 8.49. The average molecular weight is 250 g/mol. The van der Waals surface area contributed by atoms with E-state index in [9.17, 15) is 0 Å². The van der Waals surface area contributed by atoms with Crippen LogP contribution in [0.2, 0.25) is 0 Å². The molecule has 1 atom stereocenters. The van der Waals surface area contributed by atoms with Gasteiger partial charge in [-0.3, -0.25) is 4.90 Å². The van der Waals surface area contributed by atoms with Crippen molar-refractivity contribution in [3.05, 3.63) is 17.1 Å². The number of hydrogen-bond acceptors (Lipinski definition) is 5. The van der Waals surface area contributed by atoms with Crippen LogP contribution < -0.4 is 5.73 Å². The van der Waals surface area contributed by atoms with Crippen molar-refractivity contribution >= 4 is 5.82 Å². The minimum Gasteiger partial charge on any atom is -0.383 e. The first-order valence-electron chi connectivity index (χ1n) is 6.45. The Hall–Kier alpha value is -1.20. The van der Waals surface area contributed by atoms with E-state index < -0.39 is 0 Å². The number of rotatable bonds is 2. The highest BCUT2D eigenvalue weighted by atomic mass is 16.5. The Kier molecular flexibility index (Phi) is 3.82. The van der Waals surface area contributed by atoms with E-state index in [1.54, 1.807) is 0 Å². The largest absolute Gasteiger partial charge is 0.383 e. The van der Waals surface area contributed by atoms with Gasteiger partial charge in [0, 0.05) is 30.4 Å². The molecule has 1 aromatic rings. The zero-order valence-corrected chi connectivity index (χ0v) is 11.6. The van der Waals surface area contributed by atoms with Gasteiger partial charge in [-0.1, -0.05) is 0 Å². The van der Waals surface area contributed by atoms with E-state index >= 15 is 0 Å². The Balaban J connectivity index is 2.21.